The molecule has 0 aliphatic heterocycles. The van der Waals surface area contributed by atoms with Crippen molar-refractivity contribution in [3.8, 4) is 0 Å². The van der Waals surface area contributed by atoms with Gasteiger partial charge >= 0.3 is 49.0 Å². The van der Waals surface area contributed by atoms with Crippen LogP contribution >= 0.6 is 24.8 Å². The van der Waals surface area contributed by atoms with E-state index < -0.39 is 0 Å². The maximum absolute atomic E-state index is 2.16. The van der Waals surface area contributed by atoms with Crippen molar-refractivity contribution in [2.75, 3.05) is 0 Å². The molecule has 0 aromatic carbocycles. The summed E-state index contributed by atoms with van der Waals surface area (Å²) in [7, 11) is 0. The third kappa shape index (κ3) is 3.74. The molecular formula is C5H7Cl2Ti. The summed E-state index contributed by atoms with van der Waals surface area (Å²) in [4.78, 5) is 0. The monoisotopic (exact) mass is 185 g/mol. The van der Waals surface area contributed by atoms with Gasteiger partial charge in [-0.25, -0.2) is 0 Å². The molecule has 0 saturated heterocycles. The molecular weight excluding hydrogens is 179 g/mol. The Hall–Kier alpha value is 0.774. The van der Waals surface area contributed by atoms with Gasteiger partial charge < -0.3 is 0 Å². The SMILES string of the molecule is Cl.Cl.[Ti][C]1=CC=CC1. The van der Waals surface area contributed by atoms with Crippen molar-refractivity contribution in [3.63, 3.8) is 0 Å². The Kier molecular flexibility index (Phi) is 8.53. The Morgan fingerprint density at radius 2 is 2.00 bits per heavy atom. The van der Waals surface area contributed by atoms with Gasteiger partial charge in [0, 0.05) is 0 Å². The van der Waals surface area contributed by atoms with E-state index in [0.29, 0.717) is 0 Å². The zero-order valence-corrected chi connectivity index (χ0v) is 7.45. The molecule has 1 aliphatic rings. The van der Waals surface area contributed by atoms with Crippen molar-refractivity contribution in [2.45, 2.75) is 6.42 Å². The molecule has 1 rings (SSSR count). The van der Waals surface area contributed by atoms with E-state index in [9.17, 15) is 0 Å². The predicted octanol–water partition coefficient (Wildman–Crippen LogP) is 2.22. The van der Waals surface area contributed by atoms with Gasteiger partial charge in [0.05, 0.1) is 0 Å². The number of rotatable bonds is 0. The molecule has 8 heavy (non-hydrogen) atoms. The van der Waals surface area contributed by atoms with Crippen LogP contribution in [-0.2, 0) is 20.4 Å². The van der Waals surface area contributed by atoms with Gasteiger partial charge in [0.1, 0.15) is 0 Å². The minimum atomic E-state index is 0. The molecule has 45 valence electrons. The molecule has 0 saturated carbocycles. The van der Waals surface area contributed by atoms with E-state index in [2.05, 4.69) is 38.7 Å². The Morgan fingerprint density at radius 3 is 2.12 bits per heavy atom. The molecule has 0 aromatic heterocycles. The van der Waals surface area contributed by atoms with E-state index in [0.717, 1.165) is 0 Å². The normalized spacial score (nSPS) is 13.6. The third-order valence-corrected chi connectivity index (χ3v) is 1.35. The molecule has 0 amide bonds. The summed E-state index contributed by atoms with van der Waals surface area (Å²) >= 11 is 2.14. The summed E-state index contributed by atoms with van der Waals surface area (Å²) in [5, 5.41) is 0. The van der Waals surface area contributed by atoms with Gasteiger partial charge in [0.25, 0.3) is 0 Å². The van der Waals surface area contributed by atoms with E-state index in [1.165, 1.54) is 10.3 Å². The number of halogens is 2. The standard InChI is InChI=1S/C5H5.2ClH.Ti/c1-2-4-5-3-1;;;/h1-3H,4H2;2*1H;. The first kappa shape index (κ1) is 11.6. The van der Waals surface area contributed by atoms with Crippen molar-refractivity contribution in [2.24, 2.45) is 0 Å². The fourth-order valence-electron chi connectivity index (χ4n) is 0.447. The van der Waals surface area contributed by atoms with Gasteiger partial charge in [-0.2, -0.15) is 0 Å². The van der Waals surface area contributed by atoms with Crippen LogP contribution in [0, 0.1) is 0 Å². The molecule has 0 heterocycles. The van der Waals surface area contributed by atoms with Gasteiger partial charge in [-0.3, -0.25) is 0 Å². The summed E-state index contributed by atoms with van der Waals surface area (Å²) in [6.45, 7) is 0. The molecule has 3 heteroatoms. The molecule has 0 radical (unpaired) electrons. The van der Waals surface area contributed by atoms with Crippen LogP contribution in [-0.4, -0.2) is 0 Å². The Morgan fingerprint density at radius 1 is 1.38 bits per heavy atom. The summed E-state index contributed by atoms with van der Waals surface area (Å²) in [5.74, 6) is 0. The average Bonchev–Trinajstić information content (AvgIpc) is 1.86. The van der Waals surface area contributed by atoms with Gasteiger partial charge in [0.2, 0.25) is 0 Å². The van der Waals surface area contributed by atoms with Crippen LogP contribution in [0.15, 0.2) is 22.1 Å². The van der Waals surface area contributed by atoms with E-state index >= 15 is 0 Å². The molecule has 0 atom stereocenters. The Labute approximate surface area is 73.6 Å². The number of hydrogen-bond donors (Lipinski definition) is 0. The maximum atomic E-state index is 2.16. The van der Waals surface area contributed by atoms with Gasteiger partial charge in [0.15, 0.2) is 0 Å². The fraction of sp³-hybridized carbons (Fsp3) is 0.200. The van der Waals surface area contributed by atoms with Crippen molar-refractivity contribution < 1.29 is 20.4 Å². The van der Waals surface area contributed by atoms with Gasteiger partial charge in [-0.1, -0.05) is 0 Å². The van der Waals surface area contributed by atoms with Crippen LogP contribution in [0.1, 0.15) is 6.42 Å². The summed E-state index contributed by atoms with van der Waals surface area (Å²) in [6.07, 6.45) is 7.56. The average molecular weight is 186 g/mol. The van der Waals surface area contributed by atoms with Crippen molar-refractivity contribution in [1.82, 2.24) is 0 Å². The van der Waals surface area contributed by atoms with Crippen molar-refractivity contribution in [3.05, 3.63) is 22.1 Å². The Bertz CT molecular complexity index is 107. The predicted molar refractivity (Wildman–Crippen MR) is 36.3 cm³/mol. The first-order chi connectivity index (χ1) is 2.89. The Balaban J connectivity index is 0. The van der Waals surface area contributed by atoms with E-state index in [-0.39, 0.29) is 24.8 Å². The topological polar surface area (TPSA) is 0 Å². The van der Waals surface area contributed by atoms with Gasteiger partial charge in [-0.15, -0.1) is 24.8 Å². The third-order valence-electron chi connectivity index (χ3n) is 0.771. The number of allylic oxidation sites excluding steroid dienone is 4. The molecule has 0 nitrogen and oxygen atoms in total. The van der Waals surface area contributed by atoms with Crippen LogP contribution in [0.5, 0.6) is 0 Å². The van der Waals surface area contributed by atoms with Crippen LogP contribution in [0.4, 0.5) is 0 Å². The van der Waals surface area contributed by atoms with Crippen molar-refractivity contribution in [1.29, 1.82) is 0 Å². The summed E-state index contributed by atoms with van der Waals surface area (Å²) in [6, 6.07) is 0. The molecule has 0 aromatic rings. The molecule has 1 aliphatic carbocycles. The quantitative estimate of drug-likeness (QED) is 0.508. The molecule has 0 N–H and O–H groups in total. The molecule has 0 unspecified atom stereocenters. The summed E-state index contributed by atoms with van der Waals surface area (Å²) in [5.41, 5.74) is 0. The van der Waals surface area contributed by atoms with Crippen LogP contribution < -0.4 is 0 Å². The van der Waals surface area contributed by atoms with E-state index in [1.807, 2.05) is 0 Å². The minimum absolute atomic E-state index is 0. The second kappa shape index (κ2) is 5.90. The first-order valence-corrected chi connectivity index (χ1v) is 2.75. The van der Waals surface area contributed by atoms with Crippen molar-refractivity contribution >= 4 is 24.8 Å². The zero-order valence-electron chi connectivity index (χ0n) is 4.26. The van der Waals surface area contributed by atoms with E-state index in [1.54, 1.807) is 0 Å². The second-order valence-corrected chi connectivity index (χ2v) is 2.33. The van der Waals surface area contributed by atoms with Crippen LogP contribution in [0.3, 0.4) is 0 Å². The fourth-order valence-corrected chi connectivity index (χ4v) is 0.782. The van der Waals surface area contributed by atoms with Crippen LogP contribution in [0.2, 0.25) is 0 Å². The van der Waals surface area contributed by atoms with E-state index in [4.69, 9.17) is 0 Å². The molecule has 0 fully saturated rings. The summed E-state index contributed by atoms with van der Waals surface area (Å²) < 4.78 is 1.47. The zero-order chi connectivity index (χ0) is 4.41. The molecule has 0 spiro atoms. The number of hydrogen-bond acceptors (Lipinski definition) is 0. The molecule has 0 bridgehead atoms. The first-order valence-electron chi connectivity index (χ1n) is 1.97. The van der Waals surface area contributed by atoms with Gasteiger partial charge in [-0.05, 0) is 0 Å². The van der Waals surface area contributed by atoms with Crippen LogP contribution in [0.25, 0.3) is 0 Å². The second-order valence-electron chi connectivity index (χ2n) is 1.32.